The number of nitrogens with zero attached hydrogens (tertiary/aromatic N) is 3. The first-order chi connectivity index (χ1) is 8.82. The number of rotatable bonds is 3. The zero-order valence-electron chi connectivity index (χ0n) is 10.4. The van der Waals surface area contributed by atoms with Crippen LogP contribution in [0, 0.1) is 12.8 Å². The third kappa shape index (κ3) is 2.32. The number of aryl methyl sites for hydroxylation is 1. The molecule has 0 unspecified atom stereocenters. The summed E-state index contributed by atoms with van der Waals surface area (Å²) in [6, 6.07) is 1.49. The summed E-state index contributed by atoms with van der Waals surface area (Å²) in [5.41, 5.74) is 0.645. The van der Waals surface area contributed by atoms with Gasteiger partial charge in [0, 0.05) is 25.2 Å². The van der Waals surface area contributed by atoms with E-state index in [1.54, 1.807) is 11.9 Å². The molecule has 0 aromatic carbocycles. The molecule has 0 amide bonds. The van der Waals surface area contributed by atoms with Gasteiger partial charge in [-0.3, -0.25) is 4.79 Å². The molecule has 0 aliphatic carbocycles. The number of aliphatic carboxylic acids is 1. The number of hydrogen-bond donors (Lipinski definition) is 1. The maximum Gasteiger partial charge on any atom is 0.333 e. The van der Waals surface area contributed by atoms with Crippen molar-refractivity contribution in [3.8, 4) is 0 Å². The third-order valence-electron chi connectivity index (χ3n) is 3.29. The average Bonchev–Trinajstić information content (AvgIpc) is 2.81. The van der Waals surface area contributed by atoms with Crippen LogP contribution >= 0.6 is 12.2 Å². The van der Waals surface area contributed by atoms with Crippen molar-refractivity contribution < 1.29 is 18.7 Å². The van der Waals surface area contributed by atoms with Crippen LogP contribution < -0.4 is 0 Å². The van der Waals surface area contributed by atoms with Crippen LogP contribution in [0.4, 0.5) is 8.78 Å². The summed E-state index contributed by atoms with van der Waals surface area (Å²) >= 11 is 5.07. The normalized spacial score (nSPS) is 23.4. The number of hydrogen-bond acceptors (Lipinski definition) is 3. The predicted octanol–water partition coefficient (Wildman–Crippen LogP) is 1.64. The van der Waals surface area contributed by atoms with E-state index in [4.69, 9.17) is 12.2 Å². The summed E-state index contributed by atoms with van der Waals surface area (Å²) in [5.74, 6) is -2.43. The van der Waals surface area contributed by atoms with Crippen LogP contribution in [0.25, 0.3) is 0 Å². The zero-order chi connectivity index (χ0) is 14.3. The molecule has 1 aliphatic rings. The zero-order valence-corrected chi connectivity index (χ0v) is 11.2. The minimum atomic E-state index is -2.73. The van der Waals surface area contributed by atoms with Crippen LogP contribution in [-0.4, -0.2) is 44.3 Å². The van der Waals surface area contributed by atoms with Gasteiger partial charge in [0.15, 0.2) is 0 Å². The van der Waals surface area contributed by atoms with E-state index in [-0.39, 0.29) is 0 Å². The largest absolute Gasteiger partial charge is 0.481 e. The van der Waals surface area contributed by atoms with Crippen molar-refractivity contribution in [1.82, 2.24) is 14.7 Å². The van der Waals surface area contributed by atoms with Crippen LogP contribution in [0.2, 0.25) is 0 Å². The Hall–Kier alpha value is -1.57. The van der Waals surface area contributed by atoms with Crippen molar-refractivity contribution in [3.63, 3.8) is 0 Å². The Balaban J connectivity index is 2.38. The highest BCUT2D eigenvalue weighted by molar-refractivity contribution is 7.80. The first-order valence-electron chi connectivity index (χ1n) is 5.65. The molecule has 1 aliphatic heterocycles. The van der Waals surface area contributed by atoms with E-state index >= 15 is 0 Å². The molecule has 2 atom stereocenters. The van der Waals surface area contributed by atoms with Gasteiger partial charge in [0.05, 0.1) is 10.7 Å². The van der Waals surface area contributed by atoms with Crippen molar-refractivity contribution in [2.45, 2.75) is 19.4 Å². The van der Waals surface area contributed by atoms with Crippen LogP contribution in [0.1, 0.15) is 23.9 Å². The molecule has 19 heavy (non-hydrogen) atoms. The maximum atomic E-state index is 12.7. The smallest absolute Gasteiger partial charge is 0.333 e. The lowest BCUT2D eigenvalue weighted by atomic mass is 9.93. The summed E-state index contributed by atoms with van der Waals surface area (Å²) in [6.07, 6.45) is 0. The molecular formula is C11H13F2N3O2S. The molecule has 2 rings (SSSR count). The number of likely N-dealkylation sites (N-methyl/N-ethyl adjacent to an activating group) is 1. The molecule has 0 spiro atoms. The number of carboxylic acid groups (broad SMARTS) is 1. The minimum Gasteiger partial charge on any atom is -0.481 e. The van der Waals surface area contributed by atoms with Gasteiger partial charge in [0.25, 0.3) is 0 Å². The molecule has 5 nitrogen and oxygen atoms in total. The van der Waals surface area contributed by atoms with Crippen molar-refractivity contribution >= 4 is 23.2 Å². The number of likely N-dealkylation sites (tertiary alicyclic amines) is 1. The molecule has 1 aromatic rings. The highest BCUT2D eigenvalue weighted by Gasteiger charge is 2.43. The number of halogens is 2. The lowest BCUT2D eigenvalue weighted by Crippen LogP contribution is -2.26. The SMILES string of the molecule is Cc1cc([C@H]2CN(C)C(=S)[C@@H]2C(=O)O)nn1C(F)F. The fourth-order valence-corrected chi connectivity index (χ4v) is 2.67. The molecule has 1 aromatic heterocycles. The van der Waals surface area contributed by atoms with Gasteiger partial charge in [0.2, 0.25) is 0 Å². The molecule has 0 radical (unpaired) electrons. The summed E-state index contributed by atoms with van der Waals surface area (Å²) in [6.45, 7) is -0.853. The minimum absolute atomic E-state index is 0.301. The Labute approximate surface area is 113 Å². The summed E-state index contributed by atoms with van der Waals surface area (Å²) in [7, 11) is 1.69. The lowest BCUT2D eigenvalue weighted by Gasteiger charge is -2.11. The molecule has 1 saturated heterocycles. The van der Waals surface area contributed by atoms with Gasteiger partial charge < -0.3 is 10.0 Å². The first kappa shape index (κ1) is 13.9. The number of alkyl halides is 2. The van der Waals surface area contributed by atoms with Crippen LogP contribution in [0.15, 0.2) is 6.07 Å². The standard InChI is InChI=1S/C11H13F2N3O2S/c1-5-3-7(14-16(5)11(12)13)6-4-15(2)9(19)8(6)10(17)18/h3,6,8,11H,4H2,1-2H3,(H,17,18)/t6-,8-/m1/s1. The monoisotopic (exact) mass is 289 g/mol. The van der Waals surface area contributed by atoms with Gasteiger partial charge in [-0.15, -0.1) is 0 Å². The van der Waals surface area contributed by atoms with E-state index in [1.165, 1.54) is 13.0 Å². The molecule has 8 heteroatoms. The Kier molecular flexibility index (Phi) is 3.53. The van der Waals surface area contributed by atoms with E-state index in [2.05, 4.69) is 5.10 Å². The van der Waals surface area contributed by atoms with E-state index in [1.807, 2.05) is 0 Å². The van der Waals surface area contributed by atoms with Crippen LogP contribution in [0.5, 0.6) is 0 Å². The van der Waals surface area contributed by atoms with E-state index in [9.17, 15) is 18.7 Å². The Morgan fingerprint density at radius 2 is 2.26 bits per heavy atom. The summed E-state index contributed by atoms with van der Waals surface area (Å²) in [4.78, 5) is 13.2. The van der Waals surface area contributed by atoms with Gasteiger partial charge in [-0.2, -0.15) is 13.9 Å². The quantitative estimate of drug-likeness (QED) is 0.857. The fraction of sp³-hybridized carbons (Fsp3) is 0.545. The summed E-state index contributed by atoms with van der Waals surface area (Å²) < 4.78 is 26.0. The lowest BCUT2D eigenvalue weighted by molar-refractivity contribution is -0.139. The van der Waals surface area contributed by atoms with Gasteiger partial charge in [-0.25, -0.2) is 4.68 Å². The second-order valence-corrected chi connectivity index (χ2v) is 4.99. The van der Waals surface area contributed by atoms with Gasteiger partial charge in [-0.05, 0) is 13.0 Å². The van der Waals surface area contributed by atoms with Crippen molar-refractivity contribution in [3.05, 3.63) is 17.5 Å². The number of carbonyl (C=O) groups is 1. The van der Waals surface area contributed by atoms with Gasteiger partial charge >= 0.3 is 12.5 Å². The van der Waals surface area contributed by atoms with Crippen molar-refractivity contribution in [2.75, 3.05) is 13.6 Å². The maximum absolute atomic E-state index is 12.7. The van der Waals surface area contributed by atoms with E-state index in [0.717, 1.165) is 0 Å². The van der Waals surface area contributed by atoms with E-state index < -0.39 is 24.4 Å². The van der Waals surface area contributed by atoms with Crippen molar-refractivity contribution in [2.24, 2.45) is 5.92 Å². The van der Waals surface area contributed by atoms with E-state index in [0.29, 0.717) is 27.6 Å². The highest BCUT2D eigenvalue weighted by Crippen LogP contribution is 2.34. The molecule has 0 bridgehead atoms. The Bertz CT molecular complexity index is 532. The predicted molar refractivity (Wildman–Crippen MR) is 67.3 cm³/mol. The molecule has 0 saturated carbocycles. The number of thiocarbonyl (C=S) groups is 1. The van der Waals surface area contributed by atoms with Gasteiger partial charge in [-0.1, -0.05) is 12.2 Å². The second kappa shape index (κ2) is 4.84. The van der Waals surface area contributed by atoms with Crippen LogP contribution in [-0.2, 0) is 4.79 Å². The first-order valence-corrected chi connectivity index (χ1v) is 6.05. The topological polar surface area (TPSA) is 58.4 Å². The molecule has 1 fully saturated rings. The third-order valence-corrected chi connectivity index (χ3v) is 3.85. The molecule has 2 heterocycles. The molecular weight excluding hydrogens is 276 g/mol. The molecule has 1 N–H and O–H groups in total. The Morgan fingerprint density at radius 1 is 1.63 bits per heavy atom. The second-order valence-electron chi connectivity index (χ2n) is 4.57. The summed E-state index contributed by atoms with van der Waals surface area (Å²) in [5, 5.41) is 13.0. The van der Waals surface area contributed by atoms with Crippen molar-refractivity contribution in [1.29, 1.82) is 0 Å². The molecule has 104 valence electrons. The number of carboxylic acids is 1. The average molecular weight is 289 g/mol. The fourth-order valence-electron chi connectivity index (χ4n) is 2.33. The number of aromatic nitrogens is 2. The van der Waals surface area contributed by atoms with Gasteiger partial charge in [0.1, 0.15) is 5.92 Å². The Morgan fingerprint density at radius 3 is 2.74 bits per heavy atom. The highest BCUT2D eigenvalue weighted by atomic mass is 32.1. The van der Waals surface area contributed by atoms with Crippen LogP contribution in [0.3, 0.4) is 0 Å².